The first-order chi connectivity index (χ1) is 15.6. The summed E-state index contributed by atoms with van der Waals surface area (Å²) in [6.45, 7) is 3.19. The fourth-order valence-corrected chi connectivity index (χ4v) is 3.95. The van der Waals surface area contributed by atoms with Gasteiger partial charge in [-0.05, 0) is 20.3 Å². The zero-order valence-electron chi connectivity index (χ0n) is 17.8. The number of rotatable bonds is 3. The highest BCUT2D eigenvalue weighted by atomic mass is 19.1. The molecule has 3 heterocycles. The van der Waals surface area contributed by atoms with Gasteiger partial charge in [0.15, 0.2) is 11.4 Å². The largest absolute Gasteiger partial charge is 0.502 e. The molecule has 0 spiro atoms. The molecule has 2 amide bonds. The zero-order valence-corrected chi connectivity index (χ0v) is 17.8. The van der Waals surface area contributed by atoms with E-state index in [1.165, 1.54) is 9.58 Å². The SMILES string of the molecule is C[C@@H]1/C=C\C[C@H](C)N2CN1C(=O)c1c(O)c(=O)c(C(=O)NCc3c(F)cc(F)cc3F)cn12. The number of halogens is 3. The second kappa shape index (κ2) is 8.30. The van der Waals surface area contributed by atoms with E-state index < -0.39 is 58.1 Å². The Morgan fingerprint density at radius 1 is 1.18 bits per heavy atom. The van der Waals surface area contributed by atoms with Gasteiger partial charge in [0.25, 0.3) is 11.8 Å². The van der Waals surface area contributed by atoms with Crippen LogP contribution >= 0.6 is 0 Å². The van der Waals surface area contributed by atoms with Gasteiger partial charge in [-0.15, -0.1) is 0 Å². The molecule has 33 heavy (non-hydrogen) atoms. The van der Waals surface area contributed by atoms with E-state index in [0.29, 0.717) is 18.6 Å². The number of aromatic nitrogens is 1. The number of nitrogens with one attached hydrogen (secondary N) is 1. The molecule has 0 aliphatic carbocycles. The second-order valence-corrected chi connectivity index (χ2v) is 8.05. The van der Waals surface area contributed by atoms with Crippen molar-refractivity contribution in [3.63, 3.8) is 0 Å². The van der Waals surface area contributed by atoms with Crippen LogP contribution in [0.25, 0.3) is 0 Å². The lowest BCUT2D eigenvalue weighted by atomic mass is 10.1. The van der Waals surface area contributed by atoms with Crippen molar-refractivity contribution >= 4 is 11.8 Å². The molecule has 2 bridgehead atoms. The zero-order chi connectivity index (χ0) is 24.0. The Balaban J connectivity index is 1.71. The fourth-order valence-electron chi connectivity index (χ4n) is 3.95. The molecule has 2 N–H and O–H groups in total. The lowest BCUT2D eigenvalue weighted by Crippen LogP contribution is -2.59. The molecule has 0 fully saturated rings. The Morgan fingerprint density at radius 3 is 2.52 bits per heavy atom. The third kappa shape index (κ3) is 3.83. The molecule has 0 unspecified atom stereocenters. The molecule has 11 heteroatoms. The van der Waals surface area contributed by atoms with Crippen molar-refractivity contribution in [2.45, 2.75) is 38.9 Å². The summed E-state index contributed by atoms with van der Waals surface area (Å²) in [6.07, 6.45) is 5.54. The Morgan fingerprint density at radius 2 is 1.85 bits per heavy atom. The minimum Gasteiger partial charge on any atom is -0.502 e. The van der Waals surface area contributed by atoms with E-state index in [1.807, 2.05) is 26.0 Å². The molecular formula is C22H21F3N4O4. The highest BCUT2D eigenvalue weighted by molar-refractivity contribution is 5.99. The number of pyridine rings is 1. The number of benzene rings is 1. The van der Waals surface area contributed by atoms with Gasteiger partial charge >= 0.3 is 0 Å². The molecule has 4 rings (SSSR count). The Labute approximate surface area is 186 Å². The standard InChI is InChI=1S/C22H21F3N4O4/c1-11-4-3-5-12(2)29-10-27(11)22(33)18-20(31)19(30)15(9-28(18)29)21(32)26-8-14-16(24)6-13(23)7-17(14)25/h3-4,6-7,9,11-12,31H,5,8,10H2,1-2H3,(H,26,32)/b4-3-/t11-,12+/m1/s1. The predicted octanol–water partition coefficient (Wildman–Crippen LogP) is 1.99. The van der Waals surface area contributed by atoms with Crippen LogP contribution in [0.4, 0.5) is 13.2 Å². The molecule has 174 valence electrons. The lowest BCUT2D eigenvalue weighted by Gasteiger charge is -2.45. The summed E-state index contributed by atoms with van der Waals surface area (Å²) in [5.41, 5.74) is -2.47. The van der Waals surface area contributed by atoms with E-state index in [-0.39, 0.29) is 24.4 Å². The van der Waals surface area contributed by atoms with E-state index in [9.17, 15) is 32.7 Å². The quantitative estimate of drug-likeness (QED) is 0.681. The minimum absolute atomic E-state index is 0.150. The smallest absolute Gasteiger partial charge is 0.278 e. The molecule has 8 nitrogen and oxygen atoms in total. The average molecular weight is 462 g/mol. The predicted molar refractivity (Wildman–Crippen MR) is 112 cm³/mol. The topological polar surface area (TPSA) is 94.9 Å². The van der Waals surface area contributed by atoms with Crippen molar-refractivity contribution in [3.8, 4) is 5.75 Å². The maximum atomic E-state index is 13.9. The van der Waals surface area contributed by atoms with E-state index in [1.54, 1.807) is 5.01 Å². The minimum atomic E-state index is -1.19. The van der Waals surface area contributed by atoms with Crippen LogP contribution in [0.3, 0.4) is 0 Å². The van der Waals surface area contributed by atoms with E-state index >= 15 is 0 Å². The van der Waals surface area contributed by atoms with Crippen LogP contribution < -0.4 is 15.8 Å². The fraction of sp³-hybridized carbons (Fsp3) is 0.318. The van der Waals surface area contributed by atoms with Crippen LogP contribution in [0.1, 0.15) is 46.7 Å². The number of carbonyl (C=O) groups is 2. The van der Waals surface area contributed by atoms with Gasteiger partial charge < -0.3 is 15.3 Å². The lowest BCUT2D eigenvalue weighted by molar-refractivity contribution is 0.0634. The van der Waals surface area contributed by atoms with E-state index in [2.05, 4.69) is 5.32 Å². The summed E-state index contributed by atoms with van der Waals surface area (Å²) in [5, 5.41) is 14.5. The second-order valence-electron chi connectivity index (χ2n) is 8.05. The van der Waals surface area contributed by atoms with Crippen molar-refractivity contribution in [1.82, 2.24) is 14.9 Å². The van der Waals surface area contributed by atoms with Crippen LogP contribution in [0.2, 0.25) is 0 Å². The first-order valence-electron chi connectivity index (χ1n) is 10.2. The van der Waals surface area contributed by atoms with Crippen molar-refractivity contribution in [2.75, 3.05) is 11.7 Å². The molecule has 2 atom stereocenters. The van der Waals surface area contributed by atoms with E-state index in [4.69, 9.17) is 0 Å². The molecule has 0 saturated carbocycles. The number of carbonyl (C=O) groups excluding carboxylic acids is 2. The number of nitrogens with zero attached hydrogens (tertiary/aromatic N) is 3. The van der Waals surface area contributed by atoms with Crippen LogP contribution in [0.15, 0.2) is 35.3 Å². The first kappa shape index (κ1) is 22.4. The Hall–Kier alpha value is -3.76. The highest BCUT2D eigenvalue weighted by Gasteiger charge is 2.38. The maximum Gasteiger partial charge on any atom is 0.278 e. The van der Waals surface area contributed by atoms with Gasteiger partial charge in [-0.25, -0.2) is 13.2 Å². The van der Waals surface area contributed by atoms with Crippen molar-refractivity contribution in [3.05, 3.63) is 75.0 Å². The van der Waals surface area contributed by atoms with Gasteiger partial charge in [0, 0.05) is 42.5 Å². The van der Waals surface area contributed by atoms with Gasteiger partial charge in [-0.2, -0.15) is 0 Å². The number of amides is 2. The number of aromatic hydroxyl groups is 1. The van der Waals surface area contributed by atoms with Crippen molar-refractivity contribution in [1.29, 1.82) is 0 Å². The summed E-state index contributed by atoms with van der Waals surface area (Å²) in [6, 6.07) is 0.517. The van der Waals surface area contributed by atoms with Crippen LogP contribution in [0, 0.1) is 17.5 Å². The molecule has 0 saturated heterocycles. The Kier molecular flexibility index (Phi) is 5.64. The number of fused-ring (bicyclic) bond motifs is 4. The van der Waals surface area contributed by atoms with Gasteiger partial charge in [0.05, 0.1) is 0 Å². The Bertz CT molecular complexity index is 1220. The molecule has 2 aliphatic heterocycles. The first-order valence-corrected chi connectivity index (χ1v) is 10.2. The van der Waals surface area contributed by atoms with Crippen LogP contribution in [0.5, 0.6) is 5.75 Å². The van der Waals surface area contributed by atoms with Gasteiger partial charge in [0.2, 0.25) is 5.43 Å². The summed E-state index contributed by atoms with van der Waals surface area (Å²) in [7, 11) is 0. The molecule has 2 aromatic rings. The van der Waals surface area contributed by atoms with Gasteiger partial charge in [-0.3, -0.25) is 24.1 Å². The maximum absolute atomic E-state index is 13.9. The number of hydrogen-bond acceptors (Lipinski definition) is 5. The molecule has 2 aliphatic rings. The van der Waals surface area contributed by atoms with Crippen molar-refractivity contribution in [2.24, 2.45) is 0 Å². The third-order valence-electron chi connectivity index (χ3n) is 5.87. The third-order valence-corrected chi connectivity index (χ3v) is 5.87. The van der Waals surface area contributed by atoms with Crippen molar-refractivity contribution < 1.29 is 27.9 Å². The van der Waals surface area contributed by atoms with Crippen LogP contribution in [-0.2, 0) is 6.54 Å². The summed E-state index contributed by atoms with van der Waals surface area (Å²) < 4.78 is 42.1. The van der Waals surface area contributed by atoms with Gasteiger partial charge in [-0.1, -0.05) is 12.2 Å². The monoisotopic (exact) mass is 462 g/mol. The van der Waals surface area contributed by atoms with Gasteiger partial charge in [0.1, 0.15) is 29.7 Å². The molecule has 1 aromatic carbocycles. The van der Waals surface area contributed by atoms with E-state index in [0.717, 1.165) is 6.20 Å². The molecule has 0 radical (unpaired) electrons. The summed E-state index contributed by atoms with van der Waals surface area (Å²) in [4.78, 5) is 39.9. The normalized spacial score (nSPS) is 20.7. The van der Waals surface area contributed by atoms with Crippen LogP contribution in [-0.4, -0.2) is 45.2 Å². The number of hydrogen-bond donors (Lipinski definition) is 2. The molecule has 1 aromatic heterocycles. The highest BCUT2D eigenvalue weighted by Crippen LogP contribution is 2.26. The summed E-state index contributed by atoms with van der Waals surface area (Å²) in [5.74, 6) is -5.99. The molecular weight excluding hydrogens is 441 g/mol. The summed E-state index contributed by atoms with van der Waals surface area (Å²) >= 11 is 0. The average Bonchev–Trinajstić information content (AvgIpc) is 2.74.